The van der Waals surface area contributed by atoms with Crippen molar-refractivity contribution in [1.82, 2.24) is 4.90 Å². The molecule has 2 atom stereocenters. The Morgan fingerprint density at radius 2 is 1.74 bits per heavy atom. The number of rotatable bonds is 5. The van der Waals surface area contributed by atoms with Gasteiger partial charge in [0, 0.05) is 17.6 Å². The lowest BCUT2D eigenvalue weighted by atomic mass is 9.81. The van der Waals surface area contributed by atoms with Crippen LogP contribution in [0.25, 0.3) is 0 Å². The van der Waals surface area contributed by atoms with Gasteiger partial charge in [0.2, 0.25) is 11.8 Å². The van der Waals surface area contributed by atoms with Gasteiger partial charge < -0.3 is 10.2 Å². The predicted molar refractivity (Wildman–Crippen MR) is 96.1 cm³/mol. The monoisotopic (exact) mass is 378 g/mol. The summed E-state index contributed by atoms with van der Waals surface area (Å²) in [7, 11) is 0. The van der Waals surface area contributed by atoms with Crippen molar-refractivity contribution in [3.8, 4) is 0 Å². The number of carbonyl (C=O) groups excluding carboxylic acids is 2. The molecule has 0 fully saturated rings. The van der Waals surface area contributed by atoms with Gasteiger partial charge in [-0.05, 0) is 54.8 Å². The Labute approximate surface area is 146 Å². The lowest BCUT2D eigenvalue weighted by Crippen LogP contribution is -2.43. The van der Waals surface area contributed by atoms with Gasteiger partial charge in [-0.2, -0.15) is 0 Å². The van der Waals surface area contributed by atoms with Crippen LogP contribution in [0.3, 0.4) is 0 Å². The Morgan fingerprint density at radius 3 is 2.35 bits per heavy atom. The predicted octanol–water partition coefficient (Wildman–Crippen LogP) is 3.84. The Bertz CT molecular complexity index is 596. The van der Waals surface area contributed by atoms with Crippen molar-refractivity contribution in [2.45, 2.75) is 26.7 Å². The number of hydrogen-bond acceptors (Lipinski definition) is 2. The van der Waals surface area contributed by atoms with Crippen molar-refractivity contribution >= 4 is 33.4 Å². The SMILES string of the molecule is CCN(CC)C(=O)C1CC=CCC1C(=O)Nc1ccccc1Br. The van der Waals surface area contributed by atoms with Gasteiger partial charge in [-0.25, -0.2) is 0 Å². The molecule has 0 radical (unpaired) electrons. The van der Waals surface area contributed by atoms with Crippen LogP contribution in [0, 0.1) is 11.8 Å². The molecule has 0 heterocycles. The van der Waals surface area contributed by atoms with Gasteiger partial charge in [-0.1, -0.05) is 24.3 Å². The van der Waals surface area contributed by atoms with Crippen LogP contribution in [0.4, 0.5) is 5.69 Å². The Hall–Kier alpha value is -1.62. The minimum atomic E-state index is -0.319. The molecule has 0 spiro atoms. The number of para-hydroxylation sites is 1. The second kappa shape index (κ2) is 8.29. The van der Waals surface area contributed by atoms with Gasteiger partial charge in [-0.15, -0.1) is 0 Å². The number of amides is 2. The first-order valence-electron chi connectivity index (χ1n) is 8.07. The highest BCUT2D eigenvalue weighted by Crippen LogP contribution is 2.30. The summed E-state index contributed by atoms with van der Waals surface area (Å²) in [5.41, 5.74) is 0.737. The second-order valence-electron chi connectivity index (χ2n) is 5.64. The zero-order valence-electron chi connectivity index (χ0n) is 13.6. The van der Waals surface area contributed by atoms with E-state index in [-0.39, 0.29) is 23.7 Å². The highest BCUT2D eigenvalue weighted by Gasteiger charge is 2.35. The van der Waals surface area contributed by atoms with Crippen LogP contribution in [0.2, 0.25) is 0 Å². The molecule has 1 aliphatic carbocycles. The minimum Gasteiger partial charge on any atom is -0.343 e. The Kier molecular flexibility index (Phi) is 6.39. The summed E-state index contributed by atoms with van der Waals surface area (Å²) in [6, 6.07) is 7.51. The van der Waals surface area contributed by atoms with Crippen molar-refractivity contribution in [2.24, 2.45) is 11.8 Å². The summed E-state index contributed by atoms with van der Waals surface area (Å²) in [5.74, 6) is -0.610. The largest absolute Gasteiger partial charge is 0.343 e. The first-order valence-corrected chi connectivity index (χ1v) is 8.86. The maximum atomic E-state index is 12.7. The van der Waals surface area contributed by atoms with E-state index in [4.69, 9.17) is 0 Å². The standard InChI is InChI=1S/C18H23BrN2O2/c1-3-21(4-2)18(23)14-10-6-5-9-13(14)17(22)20-16-12-8-7-11-15(16)19/h5-8,11-14H,3-4,9-10H2,1-2H3,(H,20,22). The molecule has 0 saturated heterocycles. The smallest absolute Gasteiger partial charge is 0.228 e. The summed E-state index contributed by atoms with van der Waals surface area (Å²) < 4.78 is 0.839. The van der Waals surface area contributed by atoms with E-state index in [9.17, 15) is 9.59 Å². The van der Waals surface area contributed by atoms with E-state index < -0.39 is 0 Å². The van der Waals surface area contributed by atoms with Gasteiger partial charge in [0.25, 0.3) is 0 Å². The zero-order valence-corrected chi connectivity index (χ0v) is 15.2. The Morgan fingerprint density at radius 1 is 1.13 bits per heavy atom. The van der Waals surface area contributed by atoms with Crippen LogP contribution in [-0.2, 0) is 9.59 Å². The van der Waals surface area contributed by atoms with Gasteiger partial charge in [0.1, 0.15) is 0 Å². The molecule has 0 bridgehead atoms. The van der Waals surface area contributed by atoms with Crippen LogP contribution in [0.1, 0.15) is 26.7 Å². The molecule has 2 rings (SSSR count). The molecule has 124 valence electrons. The molecule has 5 heteroatoms. The summed E-state index contributed by atoms with van der Waals surface area (Å²) in [6.45, 7) is 5.29. The molecule has 2 amide bonds. The maximum absolute atomic E-state index is 12.7. The highest BCUT2D eigenvalue weighted by atomic mass is 79.9. The summed E-state index contributed by atoms with van der Waals surface area (Å²) >= 11 is 3.43. The number of hydrogen-bond donors (Lipinski definition) is 1. The molecule has 1 aliphatic rings. The van der Waals surface area contributed by atoms with Crippen molar-refractivity contribution in [3.63, 3.8) is 0 Å². The Balaban J connectivity index is 2.15. The lowest BCUT2D eigenvalue weighted by Gasteiger charge is -2.31. The lowest BCUT2D eigenvalue weighted by molar-refractivity contribution is -0.140. The van der Waals surface area contributed by atoms with Gasteiger partial charge >= 0.3 is 0 Å². The van der Waals surface area contributed by atoms with Crippen molar-refractivity contribution in [2.75, 3.05) is 18.4 Å². The second-order valence-corrected chi connectivity index (χ2v) is 6.49. The number of carbonyl (C=O) groups is 2. The highest BCUT2D eigenvalue weighted by molar-refractivity contribution is 9.10. The van der Waals surface area contributed by atoms with E-state index in [1.54, 1.807) is 0 Å². The van der Waals surface area contributed by atoms with Crippen LogP contribution >= 0.6 is 15.9 Å². The topological polar surface area (TPSA) is 49.4 Å². The molecule has 1 aromatic carbocycles. The fourth-order valence-corrected chi connectivity index (χ4v) is 3.32. The average Bonchev–Trinajstić information content (AvgIpc) is 2.58. The number of nitrogens with one attached hydrogen (secondary N) is 1. The van der Waals surface area contributed by atoms with Crippen LogP contribution in [-0.4, -0.2) is 29.8 Å². The third kappa shape index (κ3) is 4.22. The van der Waals surface area contributed by atoms with Crippen LogP contribution < -0.4 is 5.32 Å². The summed E-state index contributed by atoms with van der Waals surface area (Å²) in [4.78, 5) is 27.2. The quantitative estimate of drug-likeness (QED) is 0.791. The zero-order chi connectivity index (χ0) is 16.8. The number of halogens is 1. The molecule has 0 aliphatic heterocycles. The molecular formula is C18H23BrN2O2. The first-order chi connectivity index (χ1) is 11.1. The van der Waals surface area contributed by atoms with Crippen molar-refractivity contribution in [3.05, 3.63) is 40.9 Å². The molecule has 2 unspecified atom stereocenters. The number of nitrogens with zero attached hydrogens (tertiary/aromatic N) is 1. The third-order valence-corrected chi connectivity index (χ3v) is 4.98. The first kappa shape index (κ1) is 17.7. The normalized spacial score (nSPS) is 20.1. The van der Waals surface area contributed by atoms with Gasteiger partial charge in [0.05, 0.1) is 17.5 Å². The van der Waals surface area contributed by atoms with Gasteiger partial charge in [-0.3, -0.25) is 9.59 Å². The van der Waals surface area contributed by atoms with Crippen molar-refractivity contribution in [1.29, 1.82) is 0 Å². The van der Waals surface area contributed by atoms with E-state index in [0.29, 0.717) is 25.9 Å². The fourth-order valence-electron chi connectivity index (χ4n) is 2.93. The van der Waals surface area contributed by atoms with Crippen LogP contribution in [0.15, 0.2) is 40.9 Å². The van der Waals surface area contributed by atoms with E-state index in [1.165, 1.54) is 0 Å². The summed E-state index contributed by atoms with van der Waals surface area (Å²) in [5, 5.41) is 2.95. The maximum Gasteiger partial charge on any atom is 0.228 e. The number of anilines is 1. The molecular weight excluding hydrogens is 356 g/mol. The molecule has 0 aromatic heterocycles. The number of allylic oxidation sites excluding steroid dienone is 2. The average molecular weight is 379 g/mol. The van der Waals surface area contributed by atoms with E-state index in [1.807, 2.05) is 55.2 Å². The fraction of sp³-hybridized carbons (Fsp3) is 0.444. The summed E-state index contributed by atoms with van der Waals surface area (Å²) in [6.07, 6.45) is 5.24. The number of benzene rings is 1. The molecule has 4 nitrogen and oxygen atoms in total. The third-order valence-electron chi connectivity index (χ3n) is 4.29. The van der Waals surface area contributed by atoms with E-state index in [2.05, 4.69) is 21.2 Å². The molecule has 1 aromatic rings. The molecule has 23 heavy (non-hydrogen) atoms. The molecule has 1 N–H and O–H groups in total. The van der Waals surface area contributed by atoms with Gasteiger partial charge in [0.15, 0.2) is 0 Å². The van der Waals surface area contributed by atoms with Crippen LogP contribution in [0.5, 0.6) is 0 Å². The van der Waals surface area contributed by atoms with E-state index in [0.717, 1.165) is 10.2 Å². The van der Waals surface area contributed by atoms with E-state index >= 15 is 0 Å². The molecule has 0 saturated carbocycles. The van der Waals surface area contributed by atoms with Crippen molar-refractivity contribution < 1.29 is 9.59 Å². The minimum absolute atomic E-state index is 0.0756.